The van der Waals surface area contributed by atoms with E-state index in [1.54, 1.807) is 11.8 Å². The van der Waals surface area contributed by atoms with E-state index >= 15 is 0 Å². The highest BCUT2D eigenvalue weighted by Gasteiger charge is 2.21. The lowest BCUT2D eigenvalue weighted by Gasteiger charge is -2.10. The van der Waals surface area contributed by atoms with Crippen LogP contribution in [0.1, 0.15) is 24.4 Å². The zero-order valence-electron chi connectivity index (χ0n) is 8.12. The smallest absolute Gasteiger partial charge is 0.220 e. The van der Waals surface area contributed by atoms with Crippen LogP contribution in [0.25, 0.3) is 0 Å². The summed E-state index contributed by atoms with van der Waals surface area (Å²) in [5.74, 6) is 0.170. The van der Waals surface area contributed by atoms with Crippen LogP contribution in [0.15, 0.2) is 29.2 Å². The fraction of sp³-hybridized carbons (Fsp3) is 0.364. The largest absolute Gasteiger partial charge is 0.349 e. The van der Waals surface area contributed by atoms with E-state index in [1.807, 2.05) is 0 Å². The van der Waals surface area contributed by atoms with Crippen LogP contribution in [-0.4, -0.2) is 12.2 Å². The Balaban J connectivity index is 2.13. The number of nitrogens with one attached hydrogen (secondary N) is 1. The molecule has 0 saturated carbocycles. The molecular weight excluding hydrogens is 194 g/mol. The molecule has 0 bridgehead atoms. The van der Waals surface area contributed by atoms with Gasteiger partial charge >= 0.3 is 0 Å². The van der Waals surface area contributed by atoms with Crippen molar-refractivity contribution in [2.45, 2.75) is 23.8 Å². The van der Waals surface area contributed by atoms with Crippen LogP contribution in [0.4, 0.5) is 0 Å². The van der Waals surface area contributed by atoms with Gasteiger partial charge in [-0.2, -0.15) is 0 Å². The molecule has 1 aromatic carbocycles. The SMILES string of the molecule is CSc1ccc([C@@H]2CCC(=O)N2)cc1. The summed E-state index contributed by atoms with van der Waals surface area (Å²) in [6.45, 7) is 0. The van der Waals surface area contributed by atoms with Crippen LogP contribution in [0.3, 0.4) is 0 Å². The lowest BCUT2D eigenvalue weighted by Crippen LogP contribution is -2.18. The number of carbonyl (C=O) groups excluding carboxylic acids is 1. The molecule has 0 unspecified atom stereocenters. The van der Waals surface area contributed by atoms with Crippen molar-refractivity contribution in [2.24, 2.45) is 0 Å². The zero-order valence-corrected chi connectivity index (χ0v) is 8.93. The van der Waals surface area contributed by atoms with Gasteiger partial charge in [0, 0.05) is 11.3 Å². The summed E-state index contributed by atoms with van der Waals surface area (Å²) in [5, 5.41) is 2.96. The molecule has 0 aromatic heterocycles. The van der Waals surface area contributed by atoms with Crippen molar-refractivity contribution in [3.63, 3.8) is 0 Å². The van der Waals surface area contributed by atoms with Gasteiger partial charge in [-0.3, -0.25) is 4.79 Å². The molecule has 2 nitrogen and oxygen atoms in total. The van der Waals surface area contributed by atoms with E-state index in [-0.39, 0.29) is 11.9 Å². The number of amides is 1. The first-order valence-electron chi connectivity index (χ1n) is 4.73. The van der Waals surface area contributed by atoms with Crippen molar-refractivity contribution in [1.29, 1.82) is 0 Å². The third-order valence-corrected chi connectivity index (χ3v) is 3.26. The average molecular weight is 207 g/mol. The number of rotatable bonds is 2. The normalized spacial score (nSPS) is 20.9. The van der Waals surface area contributed by atoms with Crippen molar-refractivity contribution in [2.75, 3.05) is 6.26 Å². The quantitative estimate of drug-likeness (QED) is 0.754. The van der Waals surface area contributed by atoms with E-state index in [0.717, 1.165) is 6.42 Å². The maximum Gasteiger partial charge on any atom is 0.220 e. The Morgan fingerprint density at radius 2 is 2.07 bits per heavy atom. The molecule has 2 rings (SSSR count). The first-order chi connectivity index (χ1) is 6.79. The van der Waals surface area contributed by atoms with Gasteiger partial charge < -0.3 is 5.32 Å². The maximum absolute atomic E-state index is 11.0. The molecule has 1 saturated heterocycles. The number of carbonyl (C=O) groups is 1. The number of benzene rings is 1. The van der Waals surface area contributed by atoms with Crippen LogP contribution in [-0.2, 0) is 4.79 Å². The minimum atomic E-state index is 0.170. The summed E-state index contributed by atoms with van der Waals surface area (Å²) in [5.41, 5.74) is 1.22. The highest BCUT2D eigenvalue weighted by Crippen LogP contribution is 2.25. The molecule has 1 heterocycles. The molecule has 0 aliphatic carbocycles. The average Bonchev–Trinajstić information content (AvgIpc) is 2.65. The van der Waals surface area contributed by atoms with E-state index in [1.165, 1.54) is 10.5 Å². The van der Waals surface area contributed by atoms with Gasteiger partial charge in [-0.05, 0) is 30.4 Å². The van der Waals surface area contributed by atoms with Gasteiger partial charge in [-0.25, -0.2) is 0 Å². The third kappa shape index (κ3) is 1.93. The predicted molar refractivity (Wildman–Crippen MR) is 58.3 cm³/mol. The van der Waals surface area contributed by atoms with E-state index < -0.39 is 0 Å². The summed E-state index contributed by atoms with van der Waals surface area (Å²) in [7, 11) is 0. The standard InChI is InChI=1S/C11H13NOS/c1-14-9-4-2-8(3-5-9)10-6-7-11(13)12-10/h2-5,10H,6-7H2,1H3,(H,12,13)/t10-/m0/s1. The van der Waals surface area contributed by atoms with Crippen LogP contribution in [0, 0.1) is 0 Å². The van der Waals surface area contributed by atoms with Crippen LogP contribution in [0.5, 0.6) is 0 Å². The van der Waals surface area contributed by atoms with Gasteiger partial charge in [0.25, 0.3) is 0 Å². The number of thioether (sulfide) groups is 1. The Bertz CT molecular complexity index is 334. The van der Waals surface area contributed by atoms with Crippen molar-refractivity contribution in [3.8, 4) is 0 Å². The topological polar surface area (TPSA) is 29.1 Å². The Morgan fingerprint density at radius 1 is 1.36 bits per heavy atom. The fourth-order valence-electron chi connectivity index (χ4n) is 1.70. The van der Waals surface area contributed by atoms with Gasteiger partial charge in [0.15, 0.2) is 0 Å². The maximum atomic E-state index is 11.0. The highest BCUT2D eigenvalue weighted by molar-refractivity contribution is 7.98. The number of hydrogen-bond donors (Lipinski definition) is 1. The Kier molecular flexibility index (Phi) is 2.77. The van der Waals surface area contributed by atoms with Crippen molar-refractivity contribution >= 4 is 17.7 Å². The minimum Gasteiger partial charge on any atom is -0.349 e. The highest BCUT2D eigenvalue weighted by atomic mass is 32.2. The molecule has 1 atom stereocenters. The fourth-order valence-corrected chi connectivity index (χ4v) is 2.11. The molecule has 0 radical (unpaired) electrons. The summed E-state index contributed by atoms with van der Waals surface area (Å²) in [6, 6.07) is 8.64. The molecule has 14 heavy (non-hydrogen) atoms. The number of hydrogen-bond acceptors (Lipinski definition) is 2. The van der Waals surface area contributed by atoms with Crippen molar-refractivity contribution in [1.82, 2.24) is 5.32 Å². The van der Waals surface area contributed by atoms with E-state index in [0.29, 0.717) is 6.42 Å². The lowest BCUT2D eigenvalue weighted by atomic mass is 10.1. The van der Waals surface area contributed by atoms with Crippen LogP contribution >= 0.6 is 11.8 Å². The molecular formula is C11H13NOS. The van der Waals surface area contributed by atoms with E-state index in [2.05, 4.69) is 35.8 Å². The monoisotopic (exact) mass is 207 g/mol. The summed E-state index contributed by atoms with van der Waals surface area (Å²) in [6.07, 6.45) is 3.65. The van der Waals surface area contributed by atoms with Gasteiger partial charge in [-0.1, -0.05) is 12.1 Å². The van der Waals surface area contributed by atoms with Gasteiger partial charge in [0.05, 0.1) is 6.04 Å². The van der Waals surface area contributed by atoms with Crippen molar-refractivity contribution in [3.05, 3.63) is 29.8 Å². The minimum absolute atomic E-state index is 0.170. The predicted octanol–water partition coefficient (Wildman–Crippen LogP) is 2.36. The summed E-state index contributed by atoms with van der Waals surface area (Å²) in [4.78, 5) is 12.3. The van der Waals surface area contributed by atoms with Gasteiger partial charge in [-0.15, -0.1) is 11.8 Å². The molecule has 3 heteroatoms. The van der Waals surface area contributed by atoms with Crippen LogP contribution in [0.2, 0.25) is 0 Å². The first kappa shape index (κ1) is 9.59. The van der Waals surface area contributed by atoms with E-state index in [4.69, 9.17) is 0 Å². The first-order valence-corrected chi connectivity index (χ1v) is 5.95. The molecule has 74 valence electrons. The molecule has 1 aromatic rings. The zero-order chi connectivity index (χ0) is 9.97. The third-order valence-electron chi connectivity index (χ3n) is 2.51. The van der Waals surface area contributed by atoms with Crippen molar-refractivity contribution < 1.29 is 4.79 Å². The summed E-state index contributed by atoms with van der Waals surface area (Å²) < 4.78 is 0. The molecule has 1 amide bonds. The lowest BCUT2D eigenvalue weighted by molar-refractivity contribution is -0.119. The summed E-state index contributed by atoms with van der Waals surface area (Å²) >= 11 is 1.73. The second-order valence-corrected chi connectivity index (χ2v) is 4.31. The van der Waals surface area contributed by atoms with Gasteiger partial charge in [0.2, 0.25) is 5.91 Å². The Morgan fingerprint density at radius 3 is 2.57 bits per heavy atom. The molecule has 1 N–H and O–H groups in total. The van der Waals surface area contributed by atoms with E-state index in [9.17, 15) is 4.79 Å². The second-order valence-electron chi connectivity index (χ2n) is 3.43. The molecule has 1 aliphatic heterocycles. The second kappa shape index (κ2) is 4.05. The molecule has 0 spiro atoms. The van der Waals surface area contributed by atoms with Gasteiger partial charge in [0.1, 0.15) is 0 Å². The molecule has 1 aliphatic rings. The van der Waals surface area contributed by atoms with Crippen LogP contribution < -0.4 is 5.32 Å². The molecule has 1 fully saturated rings. The Labute approximate surface area is 88.1 Å². The Hall–Kier alpha value is -0.960.